The maximum absolute atomic E-state index is 12.4. The van der Waals surface area contributed by atoms with Crippen molar-refractivity contribution in [3.63, 3.8) is 0 Å². The number of nitrogens with one attached hydrogen (secondary N) is 1. The number of piperazine rings is 1. The molecule has 38 heavy (non-hydrogen) atoms. The second-order valence-corrected chi connectivity index (χ2v) is 12.3. The zero-order valence-electron chi connectivity index (χ0n) is 21.4. The predicted octanol–water partition coefficient (Wildman–Crippen LogP) is 1.53. The summed E-state index contributed by atoms with van der Waals surface area (Å²) in [6.07, 6.45) is 4.15. The number of pyridine rings is 1. The van der Waals surface area contributed by atoms with E-state index < -0.39 is 10.0 Å². The molecule has 5 heterocycles. The van der Waals surface area contributed by atoms with E-state index in [9.17, 15) is 13.2 Å². The lowest BCUT2D eigenvalue weighted by Crippen LogP contribution is -2.56. The number of esters is 1. The van der Waals surface area contributed by atoms with Gasteiger partial charge in [-0.3, -0.25) is 14.5 Å². The molecule has 3 aromatic rings. The minimum atomic E-state index is -3.28. The standard InChI is InChI=1S/C26H31N7O4S/c1-16-8-19(33-6-3-7-38(33,35)36)9-25(29-16)32-12-18(10-28-32)11-31-13-23(30-24(27)14-31)20-4-5-21-22(17(20)2)15-37-26(21)34/h4-5,8-10,12,23-24,30H,3,6-7,11,13-15,27H2,1-2H3/t23-,24+/m0/s1. The maximum atomic E-state index is 12.4. The van der Waals surface area contributed by atoms with Crippen molar-refractivity contribution in [3.8, 4) is 5.82 Å². The lowest BCUT2D eigenvalue weighted by Gasteiger charge is -2.38. The Morgan fingerprint density at radius 1 is 1.21 bits per heavy atom. The van der Waals surface area contributed by atoms with Gasteiger partial charge in [-0.05, 0) is 43.5 Å². The second kappa shape index (κ2) is 9.45. The van der Waals surface area contributed by atoms with Gasteiger partial charge in [-0.25, -0.2) is 22.9 Å². The Morgan fingerprint density at radius 2 is 2.05 bits per heavy atom. The van der Waals surface area contributed by atoms with E-state index in [2.05, 4.69) is 20.3 Å². The van der Waals surface area contributed by atoms with Crippen LogP contribution in [0.1, 0.15) is 50.8 Å². The van der Waals surface area contributed by atoms with Crippen LogP contribution in [0.2, 0.25) is 0 Å². The molecule has 2 aromatic heterocycles. The topological polar surface area (TPSA) is 136 Å². The molecule has 3 aliphatic heterocycles. The van der Waals surface area contributed by atoms with Gasteiger partial charge in [0.25, 0.3) is 0 Å². The quantitative estimate of drug-likeness (QED) is 0.464. The third-order valence-electron chi connectivity index (χ3n) is 7.48. The number of benzene rings is 1. The number of aryl methyl sites for hydroxylation is 1. The Hall–Kier alpha value is -3.32. The van der Waals surface area contributed by atoms with E-state index in [0.29, 0.717) is 49.7 Å². The molecular weight excluding hydrogens is 506 g/mol. The van der Waals surface area contributed by atoms with Crippen LogP contribution in [-0.2, 0) is 27.9 Å². The summed E-state index contributed by atoms with van der Waals surface area (Å²) in [7, 11) is -3.28. The van der Waals surface area contributed by atoms with Crippen molar-refractivity contribution < 1.29 is 17.9 Å². The van der Waals surface area contributed by atoms with Crippen LogP contribution in [0.25, 0.3) is 5.82 Å². The van der Waals surface area contributed by atoms with Gasteiger partial charge in [0.05, 0.1) is 29.4 Å². The summed E-state index contributed by atoms with van der Waals surface area (Å²) in [5, 5.41) is 8.01. The molecule has 12 heteroatoms. The number of nitrogens with zero attached hydrogens (tertiary/aromatic N) is 5. The van der Waals surface area contributed by atoms with Gasteiger partial charge in [0.15, 0.2) is 5.82 Å². The van der Waals surface area contributed by atoms with Gasteiger partial charge >= 0.3 is 5.97 Å². The number of anilines is 1. The lowest BCUT2D eigenvalue weighted by atomic mass is 9.93. The van der Waals surface area contributed by atoms with Crippen molar-refractivity contribution in [3.05, 3.63) is 70.2 Å². The molecule has 3 aliphatic rings. The van der Waals surface area contributed by atoms with E-state index in [1.165, 1.54) is 4.31 Å². The van der Waals surface area contributed by atoms with E-state index in [4.69, 9.17) is 10.5 Å². The van der Waals surface area contributed by atoms with Crippen molar-refractivity contribution in [2.24, 2.45) is 5.73 Å². The maximum Gasteiger partial charge on any atom is 0.338 e. The van der Waals surface area contributed by atoms with Crippen LogP contribution in [0.3, 0.4) is 0 Å². The van der Waals surface area contributed by atoms with Gasteiger partial charge in [0, 0.05) is 61.3 Å². The second-order valence-electron chi connectivity index (χ2n) is 10.3. The van der Waals surface area contributed by atoms with Gasteiger partial charge in [0.1, 0.15) is 6.61 Å². The molecule has 1 aromatic carbocycles. The molecule has 0 radical (unpaired) electrons. The number of sulfonamides is 1. The zero-order chi connectivity index (χ0) is 26.6. The fourth-order valence-electron chi connectivity index (χ4n) is 5.69. The molecule has 11 nitrogen and oxygen atoms in total. The van der Waals surface area contributed by atoms with E-state index in [1.807, 2.05) is 38.4 Å². The van der Waals surface area contributed by atoms with E-state index in [1.54, 1.807) is 16.8 Å². The van der Waals surface area contributed by atoms with Gasteiger partial charge in [-0.1, -0.05) is 6.07 Å². The van der Waals surface area contributed by atoms with Crippen molar-refractivity contribution in [1.29, 1.82) is 0 Å². The summed E-state index contributed by atoms with van der Waals surface area (Å²) in [5.41, 5.74) is 12.5. The van der Waals surface area contributed by atoms with Crippen LogP contribution in [0.15, 0.2) is 36.7 Å². The summed E-state index contributed by atoms with van der Waals surface area (Å²) < 4.78 is 33.2. The molecule has 0 amide bonds. The average Bonchev–Trinajstić information content (AvgIpc) is 3.57. The molecule has 2 atom stereocenters. The predicted molar refractivity (Wildman–Crippen MR) is 141 cm³/mol. The summed E-state index contributed by atoms with van der Waals surface area (Å²) in [6, 6.07) is 7.42. The molecule has 0 saturated carbocycles. The minimum absolute atomic E-state index is 0.0122. The lowest BCUT2D eigenvalue weighted by molar-refractivity contribution is 0.0535. The summed E-state index contributed by atoms with van der Waals surface area (Å²) >= 11 is 0. The number of rotatable bonds is 5. The average molecular weight is 538 g/mol. The van der Waals surface area contributed by atoms with Crippen molar-refractivity contribution in [1.82, 2.24) is 25.0 Å². The number of aromatic nitrogens is 3. The zero-order valence-corrected chi connectivity index (χ0v) is 22.2. The molecule has 0 unspecified atom stereocenters. The third kappa shape index (κ3) is 4.57. The van der Waals surface area contributed by atoms with Crippen molar-refractivity contribution in [2.45, 2.75) is 45.6 Å². The molecule has 3 N–H and O–H groups in total. The fourth-order valence-corrected chi connectivity index (χ4v) is 7.23. The SMILES string of the molecule is Cc1cc(N2CCCS2(=O)=O)cc(-n2cc(CN3C[C@@H](c4ccc5c(c4C)COC5=O)N[C@@H](N)C3)cn2)n1. The highest BCUT2D eigenvalue weighted by molar-refractivity contribution is 7.93. The number of hydrogen-bond acceptors (Lipinski definition) is 9. The summed E-state index contributed by atoms with van der Waals surface area (Å²) in [6.45, 7) is 6.74. The number of ether oxygens (including phenoxy) is 1. The first-order chi connectivity index (χ1) is 18.2. The highest BCUT2D eigenvalue weighted by atomic mass is 32.2. The Balaban J connectivity index is 1.20. The van der Waals surface area contributed by atoms with Crippen molar-refractivity contribution in [2.75, 3.05) is 29.7 Å². The summed E-state index contributed by atoms with van der Waals surface area (Å²) in [5.74, 6) is 0.480. The molecule has 0 bridgehead atoms. The first-order valence-corrected chi connectivity index (χ1v) is 14.4. The number of carbonyl (C=O) groups is 1. The molecule has 2 fully saturated rings. The van der Waals surface area contributed by atoms with Crippen LogP contribution in [0, 0.1) is 13.8 Å². The number of hydrogen-bond donors (Lipinski definition) is 2. The van der Waals surface area contributed by atoms with Gasteiger partial charge < -0.3 is 10.5 Å². The van der Waals surface area contributed by atoms with E-state index in [0.717, 1.165) is 34.5 Å². The van der Waals surface area contributed by atoms with E-state index >= 15 is 0 Å². The highest BCUT2D eigenvalue weighted by Gasteiger charge is 2.31. The van der Waals surface area contributed by atoms with Crippen LogP contribution in [0.5, 0.6) is 0 Å². The van der Waals surface area contributed by atoms with Gasteiger partial charge in [-0.15, -0.1) is 0 Å². The smallest absolute Gasteiger partial charge is 0.338 e. The monoisotopic (exact) mass is 537 g/mol. The Bertz CT molecular complexity index is 1520. The molecule has 6 rings (SSSR count). The first-order valence-electron chi connectivity index (χ1n) is 12.7. The molecule has 2 saturated heterocycles. The van der Waals surface area contributed by atoms with Crippen LogP contribution >= 0.6 is 0 Å². The molecular formula is C26H31N7O4S. The number of nitrogens with two attached hydrogens (primary N) is 1. The molecule has 0 spiro atoms. The van der Waals surface area contributed by atoms with Gasteiger partial charge in [0.2, 0.25) is 10.0 Å². The normalized spacial score (nSPS) is 23.0. The third-order valence-corrected chi connectivity index (χ3v) is 9.35. The minimum Gasteiger partial charge on any atom is -0.457 e. The van der Waals surface area contributed by atoms with E-state index in [-0.39, 0.29) is 23.9 Å². The first kappa shape index (κ1) is 25.0. The number of cyclic esters (lactones) is 1. The fraction of sp³-hybridized carbons (Fsp3) is 0.423. The molecule has 0 aliphatic carbocycles. The van der Waals surface area contributed by atoms with Crippen LogP contribution < -0.4 is 15.4 Å². The van der Waals surface area contributed by atoms with Crippen molar-refractivity contribution >= 4 is 21.7 Å². The van der Waals surface area contributed by atoms with Crippen LogP contribution in [-0.4, -0.2) is 65.6 Å². The molecule has 200 valence electrons. The Kier molecular flexibility index (Phi) is 6.22. The Labute approximate surface area is 221 Å². The Morgan fingerprint density at radius 3 is 2.84 bits per heavy atom. The highest BCUT2D eigenvalue weighted by Crippen LogP contribution is 2.31. The number of fused-ring (bicyclic) bond motifs is 1. The largest absolute Gasteiger partial charge is 0.457 e. The van der Waals surface area contributed by atoms with Gasteiger partial charge in [-0.2, -0.15) is 5.10 Å². The summed E-state index contributed by atoms with van der Waals surface area (Å²) in [4.78, 5) is 18.8. The number of carbonyl (C=O) groups excluding carboxylic acids is 1. The van der Waals surface area contributed by atoms with Crippen LogP contribution in [0.4, 0.5) is 5.69 Å².